The normalized spacial score (nSPS) is 18.0. The first kappa shape index (κ1) is 16.4. The Balaban J connectivity index is 2.11. The highest BCUT2D eigenvalue weighted by Crippen LogP contribution is 2.20. The highest BCUT2D eigenvalue weighted by molar-refractivity contribution is 5.65. The third-order valence-corrected chi connectivity index (χ3v) is 3.65. The summed E-state index contributed by atoms with van der Waals surface area (Å²) >= 11 is 0. The number of carbonyl (C=O) groups excluding carboxylic acids is 1. The minimum Gasteiger partial charge on any atom is -0.466 e. The zero-order chi connectivity index (χ0) is 15.9. The monoisotopic (exact) mass is 306 g/mol. The van der Waals surface area contributed by atoms with Crippen LogP contribution < -0.4 is 5.56 Å². The average Bonchev–Trinajstić information content (AvgIpc) is 2.52. The van der Waals surface area contributed by atoms with Crippen LogP contribution in [0.1, 0.15) is 50.0 Å². The first-order chi connectivity index (χ1) is 10.6. The van der Waals surface area contributed by atoms with Crippen molar-refractivity contribution in [1.82, 2.24) is 9.78 Å². The van der Waals surface area contributed by atoms with Crippen LogP contribution in [0, 0.1) is 0 Å². The van der Waals surface area contributed by atoms with Crippen LogP contribution in [0.4, 0.5) is 0 Å². The summed E-state index contributed by atoms with van der Waals surface area (Å²) in [6.07, 6.45) is 7.08. The van der Waals surface area contributed by atoms with Gasteiger partial charge in [-0.3, -0.25) is 9.59 Å². The molecule has 0 spiro atoms. The van der Waals surface area contributed by atoms with Gasteiger partial charge in [0.15, 0.2) is 6.23 Å². The van der Waals surface area contributed by atoms with Crippen LogP contribution in [-0.2, 0) is 20.7 Å². The number of aryl methyl sites for hydroxylation is 1. The minimum absolute atomic E-state index is 0.174. The van der Waals surface area contributed by atoms with Crippen molar-refractivity contribution in [3.63, 3.8) is 0 Å². The van der Waals surface area contributed by atoms with Gasteiger partial charge in [-0.25, -0.2) is 4.68 Å². The number of esters is 1. The third-order valence-electron chi connectivity index (χ3n) is 3.65. The Morgan fingerprint density at radius 1 is 1.59 bits per heavy atom. The largest absolute Gasteiger partial charge is 0.466 e. The van der Waals surface area contributed by atoms with E-state index in [4.69, 9.17) is 9.47 Å². The maximum atomic E-state index is 12.5. The van der Waals surface area contributed by atoms with Crippen LogP contribution >= 0.6 is 0 Å². The Labute approximate surface area is 129 Å². The summed E-state index contributed by atoms with van der Waals surface area (Å²) < 4.78 is 11.9. The van der Waals surface area contributed by atoms with Crippen molar-refractivity contribution >= 4 is 12.0 Å². The lowest BCUT2D eigenvalue weighted by Crippen LogP contribution is -2.33. The van der Waals surface area contributed by atoms with Gasteiger partial charge in [0.25, 0.3) is 5.56 Å². The number of hydrogen-bond donors (Lipinski definition) is 0. The molecular weight excluding hydrogens is 284 g/mol. The molecule has 1 aromatic heterocycles. The summed E-state index contributed by atoms with van der Waals surface area (Å²) in [6.45, 7) is 6.10. The molecule has 0 aliphatic carbocycles. The van der Waals surface area contributed by atoms with Gasteiger partial charge in [0.2, 0.25) is 0 Å². The van der Waals surface area contributed by atoms with E-state index < -0.39 is 0 Å². The van der Waals surface area contributed by atoms with Gasteiger partial charge < -0.3 is 9.47 Å². The zero-order valence-electron chi connectivity index (χ0n) is 12.9. The second-order valence-corrected chi connectivity index (χ2v) is 5.30. The van der Waals surface area contributed by atoms with Gasteiger partial charge in [0, 0.05) is 19.1 Å². The van der Waals surface area contributed by atoms with Gasteiger partial charge in [-0.2, -0.15) is 5.10 Å². The SMILES string of the molecule is C=Cc1c(CCCOC(C)=O)cnn(C2CCCCO2)c1=O. The predicted molar refractivity (Wildman–Crippen MR) is 82.4 cm³/mol. The summed E-state index contributed by atoms with van der Waals surface area (Å²) in [6, 6.07) is 0. The smallest absolute Gasteiger partial charge is 0.302 e. The van der Waals surface area contributed by atoms with Crippen molar-refractivity contribution in [3.05, 3.63) is 34.3 Å². The van der Waals surface area contributed by atoms with Crippen molar-refractivity contribution in [1.29, 1.82) is 0 Å². The van der Waals surface area contributed by atoms with Crippen molar-refractivity contribution < 1.29 is 14.3 Å². The average molecular weight is 306 g/mol. The minimum atomic E-state index is -0.299. The molecule has 1 saturated heterocycles. The maximum absolute atomic E-state index is 12.5. The van der Waals surface area contributed by atoms with E-state index in [1.807, 2.05) is 0 Å². The van der Waals surface area contributed by atoms with Crippen molar-refractivity contribution in [3.8, 4) is 0 Å². The number of nitrogens with zero attached hydrogens (tertiary/aromatic N) is 2. The van der Waals surface area contributed by atoms with E-state index in [-0.39, 0.29) is 17.8 Å². The molecule has 1 unspecified atom stereocenters. The second kappa shape index (κ2) is 7.89. The first-order valence-corrected chi connectivity index (χ1v) is 7.61. The summed E-state index contributed by atoms with van der Waals surface area (Å²) in [4.78, 5) is 23.3. The molecule has 22 heavy (non-hydrogen) atoms. The molecule has 1 fully saturated rings. The van der Waals surface area contributed by atoms with Crippen molar-refractivity contribution in [2.24, 2.45) is 0 Å². The molecule has 1 atom stereocenters. The van der Waals surface area contributed by atoms with E-state index in [9.17, 15) is 9.59 Å². The Kier molecular flexibility index (Phi) is 5.89. The first-order valence-electron chi connectivity index (χ1n) is 7.61. The number of carbonyl (C=O) groups is 1. The summed E-state index contributed by atoms with van der Waals surface area (Å²) in [5.74, 6) is -0.299. The molecular formula is C16H22N2O4. The molecule has 1 aliphatic rings. The number of aromatic nitrogens is 2. The van der Waals surface area contributed by atoms with Gasteiger partial charge in [0.1, 0.15) is 0 Å². The fraction of sp³-hybridized carbons (Fsp3) is 0.562. The van der Waals surface area contributed by atoms with Gasteiger partial charge in [-0.15, -0.1) is 0 Å². The Morgan fingerprint density at radius 3 is 3.05 bits per heavy atom. The number of ether oxygens (including phenoxy) is 2. The summed E-state index contributed by atoms with van der Waals surface area (Å²) in [5.41, 5.74) is 1.19. The molecule has 2 heterocycles. The lowest BCUT2D eigenvalue weighted by atomic mass is 10.1. The fourth-order valence-electron chi connectivity index (χ4n) is 2.53. The molecule has 0 bridgehead atoms. The molecule has 1 aliphatic heterocycles. The Morgan fingerprint density at radius 2 is 2.41 bits per heavy atom. The molecule has 0 radical (unpaired) electrons. The van der Waals surface area contributed by atoms with Gasteiger partial charge in [-0.1, -0.05) is 12.7 Å². The standard InChI is InChI=1S/C16H22N2O4/c1-3-14-13(7-6-10-21-12(2)19)11-17-18(16(14)20)15-8-4-5-9-22-15/h3,11,15H,1,4-10H2,2H3. The van der Waals surface area contributed by atoms with Crippen LogP contribution in [0.15, 0.2) is 17.6 Å². The molecule has 6 nitrogen and oxygen atoms in total. The van der Waals surface area contributed by atoms with Crippen LogP contribution in [0.2, 0.25) is 0 Å². The van der Waals surface area contributed by atoms with E-state index >= 15 is 0 Å². The van der Waals surface area contributed by atoms with Crippen LogP contribution in [0.3, 0.4) is 0 Å². The van der Waals surface area contributed by atoms with E-state index in [1.165, 1.54) is 11.6 Å². The topological polar surface area (TPSA) is 70.4 Å². The highest BCUT2D eigenvalue weighted by Gasteiger charge is 2.19. The number of hydrogen-bond acceptors (Lipinski definition) is 5. The van der Waals surface area contributed by atoms with E-state index in [0.717, 1.165) is 24.8 Å². The number of rotatable bonds is 6. The van der Waals surface area contributed by atoms with Crippen LogP contribution in [-0.4, -0.2) is 29.0 Å². The molecule has 0 saturated carbocycles. The van der Waals surface area contributed by atoms with Gasteiger partial charge in [-0.05, 0) is 37.7 Å². The van der Waals surface area contributed by atoms with Crippen molar-refractivity contribution in [2.45, 2.75) is 45.3 Å². The fourth-order valence-corrected chi connectivity index (χ4v) is 2.53. The highest BCUT2D eigenvalue weighted by atomic mass is 16.5. The molecule has 0 aromatic carbocycles. The third kappa shape index (κ3) is 4.04. The quantitative estimate of drug-likeness (QED) is 0.594. The Hall–Kier alpha value is -1.95. The summed E-state index contributed by atoms with van der Waals surface area (Å²) in [5, 5.41) is 4.25. The van der Waals surface area contributed by atoms with Crippen molar-refractivity contribution in [2.75, 3.05) is 13.2 Å². The van der Waals surface area contributed by atoms with Gasteiger partial charge in [0.05, 0.1) is 12.8 Å². The van der Waals surface area contributed by atoms with E-state index in [2.05, 4.69) is 11.7 Å². The molecule has 0 N–H and O–H groups in total. The maximum Gasteiger partial charge on any atom is 0.302 e. The van der Waals surface area contributed by atoms with E-state index in [1.54, 1.807) is 12.3 Å². The molecule has 6 heteroatoms. The Bertz CT molecular complexity index is 588. The molecule has 2 rings (SSSR count). The second-order valence-electron chi connectivity index (χ2n) is 5.30. The molecule has 1 aromatic rings. The van der Waals surface area contributed by atoms with E-state index in [0.29, 0.717) is 31.6 Å². The van der Waals surface area contributed by atoms with Crippen LogP contribution in [0.5, 0.6) is 0 Å². The van der Waals surface area contributed by atoms with Crippen LogP contribution in [0.25, 0.3) is 6.08 Å². The molecule has 120 valence electrons. The molecule has 0 amide bonds. The zero-order valence-corrected chi connectivity index (χ0v) is 12.9. The summed E-state index contributed by atoms with van der Waals surface area (Å²) in [7, 11) is 0. The lowest BCUT2D eigenvalue weighted by molar-refractivity contribution is -0.141. The van der Waals surface area contributed by atoms with Gasteiger partial charge >= 0.3 is 5.97 Å². The lowest BCUT2D eigenvalue weighted by Gasteiger charge is -2.24. The predicted octanol–water partition coefficient (Wildman–Crippen LogP) is 2.08.